The Balaban J connectivity index is 4.03. The highest BCUT2D eigenvalue weighted by Crippen LogP contribution is 2.02. The van der Waals surface area contributed by atoms with E-state index in [9.17, 15) is 0 Å². The summed E-state index contributed by atoms with van der Waals surface area (Å²) >= 11 is 0. The van der Waals surface area contributed by atoms with Gasteiger partial charge in [-0.1, -0.05) is 43.5 Å². The van der Waals surface area contributed by atoms with Crippen molar-refractivity contribution in [2.45, 2.75) is 6.42 Å². The average molecular weight is 164 g/mol. The van der Waals surface area contributed by atoms with Crippen LogP contribution < -0.4 is 11.3 Å². The van der Waals surface area contributed by atoms with Crippen molar-refractivity contribution in [3.05, 3.63) is 49.1 Å². The van der Waals surface area contributed by atoms with Crippen LogP contribution >= 0.6 is 0 Å². The number of nitrogens with two attached hydrogens (primary N) is 1. The predicted molar refractivity (Wildman–Crippen MR) is 54.4 cm³/mol. The summed E-state index contributed by atoms with van der Waals surface area (Å²) in [7, 11) is 0. The second kappa shape index (κ2) is 7.98. The molecule has 0 rings (SSSR count). The van der Waals surface area contributed by atoms with E-state index in [4.69, 9.17) is 5.84 Å². The van der Waals surface area contributed by atoms with Gasteiger partial charge < -0.3 is 0 Å². The molecule has 0 aliphatic heterocycles. The maximum Gasteiger partial charge on any atom is 0.0138 e. The van der Waals surface area contributed by atoms with E-state index in [2.05, 4.69) is 18.6 Å². The van der Waals surface area contributed by atoms with Gasteiger partial charge in [-0.2, -0.15) is 0 Å². The maximum absolute atomic E-state index is 5.15. The fourth-order valence-corrected chi connectivity index (χ4v) is 0.782. The lowest BCUT2D eigenvalue weighted by Gasteiger charge is -1.99. The highest BCUT2D eigenvalue weighted by atomic mass is 15.2. The van der Waals surface area contributed by atoms with E-state index in [1.165, 1.54) is 5.57 Å². The molecule has 0 aromatic heterocycles. The molecule has 0 bridgehead atoms. The molecule has 0 aliphatic carbocycles. The molecule has 0 spiro atoms. The maximum atomic E-state index is 5.15. The van der Waals surface area contributed by atoms with Crippen LogP contribution in [-0.2, 0) is 0 Å². The van der Waals surface area contributed by atoms with Crippen LogP contribution in [-0.4, -0.2) is 6.54 Å². The van der Waals surface area contributed by atoms with Crippen LogP contribution in [0, 0.1) is 0 Å². The summed E-state index contributed by atoms with van der Waals surface area (Å²) < 4.78 is 0. The Morgan fingerprint density at radius 3 is 2.58 bits per heavy atom. The molecule has 0 atom stereocenters. The van der Waals surface area contributed by atoms with E-state index < -0.39 is 0 Å². The minimum Gasteiger partial charge on any atom is -0.271 e. The number of hydrogen-bond acceptors (Lipinski definition) is 2. The highest BCUT2D eigenvalue weighted by molar-refractivity contribution is 5.25. The molecule has 3 N–H and O–H groups in total. The molecule has 2 heteroatoms. The van der Waals surface area contributed by atoms with Gasteiger partial charge in [0.15, 0.2) is 0 Å². The summed E-state index contributed by atoms with van der Waals surface area (Å²) in [4.78, 5) is 0. The summed E-state index contributed by atoms with van der Waals surface area (Å²) in [5, 5.41) is 0. The number of nitrogens with one attached hydrogen (secondary N) is 1. The Kier molecular flexibility index (Phi) is 7.24. The van der Waals surface area contributed by atoms with Gasteiger partial charge in [0.2, 0.25) is 0 Å². The van der Waals surface area contributed by atoms with E-state index in [1.54, 1.807) is 12.2 Å². The predicted octanol–water partition coefficient (Wildman–Crippen LogP) is 1.69. The molecule has 0 aromatic carbocycles. The number of hydrazine groups is 1. The topological polar surface area (TPSA) is 38.0 Å². The van der Waals surface area contributed by atoms with Crippen molar-refractivity contribution in [3.63, 3.8) is 0 Å². The summed E-state index contributed by atoms with van der Waals surface area (Å²) in [6, 6.07) is 0. The van der Waals surface area contributed by atoms with Crippen molar-refractivity contribution in [2.75, 3.05) is 6.54 Å². The van der Waals surface area contributed by atoms with Crippen LogP contribution in [0.5, 0.6) is 0 Å². The largest absolute Gasteiger partial charge is 0.271 e. The molecule has 2 nitrogen and oxygen atoms in total. The summed E-state index contributed by atoms with van der Waals surface area (Å²) in [6.07, 6.45) is 10.2. The average Bonchev–Trinajstić information content (AvgIpc) is 2.10. The fourth-order valence-electron chi connectivity index (χ4n) is 0.782. The second-order valence-electron chi connectivity index (χ2n) is 2.28. The summed E-state index contributed by atoms with van der Waals surface area (Å²) in [5.41, 5.74) is 3.78. The van der Waals surface area contributed by atoms with Crippen molar-refractivity contribution in [1.29, 1.82) is 0 Å². The molecular formula is C10H16N2. The van der Waals surface area contributed by atoms with Crippen LogP contribution in [0.4, 0.5) is 0 Å². The molecule has 12 heavy (non-hydrogen) atoms. The first-order chi connectivity index (χ1) is 5.85. The van der Waals surface area contributed by atoms with Crippen molar-refractivity contribution in [3.8, 4) is 0 Å². The molecular weight excluding hydrogens is 148 g/mol. The summed E-state index contributed by atoms with van der Waals surface area (Å²) in [6.45, 7) is 7.99. The first-order valence-electron chi connectivity index (χ1n) is 3.89. The Hall–Kier alpha value is -1.12. The van der Waals surface area contributed by atoms with Gasteiger partial charge in [-0.3, -0.25) is 11.3 Å². The van der Waals surface area contributed by atoms with Crippen LogP contribution in [0.25, 0.3) is 0 Å². The van der Waals surface area contributed by atoms with Crippen molar-refractivity contribution in [2.24, 2.45) is 5.84 Å². The lowest BCUT2D eigenvalue weighted by Crippen LogP contribution is -2.23. The zero-order chi connectivity index (χ0) is 9.23. The van der Waals surface area contributed by atoms with E-state index in [0.29, 0.717) is 0 Å². The van der Waals surface area contributed by atoms with Gasteiger partial charge in [-0.05, 0) is 12.0 Å². The Morgan fingerprint density at radius 1 is 1.33 bits per heavy atom. The van der Waals surface area contributed by atoms with Gasteiger partial charge in [0, 0.05) is 6.54 Å². The normalized spacial score (nSPS) is 11.9. The SMILES string of the molecule is C=C/C=C\C(=C/C=C)CCNN. The van der Waals surface area contributed by atoms with Crippen LogP contribution in [0.2, 0.25) is 0 Å². The van der Waals surface area contributed by atoms with E-state index in [-0.39, 0.29) is 0 Å². The molecule has 0 radical (unpaired) electrons. The zero-order valence-electron chi connectivity index (χ0n) is 7.29. The molecule has 0 saturated carbocycles. The van der Waals surface area contributed by atoms with Gasteiger partial charge in [-0.25, -0.2) is 0 Å². The van der Waals surface area contributed by atoms with Crippen LogP contribution in [0.15, 0.2) is 49.1 Å². The third-order valence-corrected chi connectivity index (χ3v) is 1.34. The van der Waals surface area contributed by atoms with E-state index in [0.717, 1.165) is 13.0 Å². The number of hydrogen-bond donors (Lipinski definition) is 2. The molecule has 0 amide bonds. The van der Waals surface area contributed by atoms with E-state index in [1.807, 2.05) is 18.2 Å². The first kappa shape index (κ1) is 10.9. The van der Waals surface area contributed by atoms with Crippen LogP contribution in [0.1, 0.15) is 6.42 Å². The van der Waals surface area contributed by atoms with Gasteiger partial charge >= 0.3 is 0 Å². The smallest absolute Gasteiger partial charge is 0.0138 e. The summed E-state index contributed by atoms with van der Waals surface area (Å²) in [5.74, 6) is 5.15. The van der Waals surface area contributed by atoms with Crippen molar-refractivity contribution in [1.82, 2.24) is 5.43 Å². The molecule has 0 fully saturated rings. The van der Waals surface area contributed by atoms with Gasteiger partial charge in [0.05, 0.1) is 0 Å². The standard InChI is InChI=1S/C10H16N2/c1-3-5-7-10(6-4-2)8-9-12-11/h3-7,12H,1-2,8-9,11H2/b7-5-,10-6+. The molecule has 0 aliphatic rings. The minimum atomic E-state index is 0.765. The molecule has 0 heterocycles. The monoisotopic (exact) mass is 164 g/mol. The third-order valence-electron chi connectivity index (χ3n) is 1.34. The van der Waals surface area contributed by atoms with Gasteiger partial charge in [0.25, 0.3) is 0 Å². The lowest BCUT2D eigenvalue weighted by atomic mass is 10.1. The molecule has 0 aromatic rings. The van der Waals surface area contributed by atoms with E-state index >= 15 is 0 Å². The van der Waals surface area contributed by atoms with Crippen molar-refractivity contribution >= 4 is 0 Å². The van der Waals surface area contributed by atoms with Gasteiger partial charge in [0.1, 0.15) is 0 Å². The molecule has 0 saturated heterocycles. The van der Waals surface area contributed by atoms with Crippen molar-refractivity contribution < 1.29 is 0 Å². The second-order valence-corrected chi connectivity index (χ2v) is 2.28. The Bertz CT molecular complexity index is 190. The first-order valence-corrected chi connectivity index (χ1v) is 3.89. The molecule has 66 valence electrons. The zero-order valence-corrected chi connectivity index (χ0v) is 7.29. The highest BCUT2D eigenvalue weighted by Gasteiger charge is 1.88. The molecule has 0 unspecified atom stereocenters. The Morgan fingerprint density at radius 2 is 2.08 bits per heavy atom. The lowest BCUT2D eigenvalue weighted by molar-refractivity contribution is 0.730. The number of allylic oxidation sites excluding steroid dienone is 5. The number of rotatable bonds is 6. The quantitative estimate of drug-likeness (QED) is 0.356. The fraction of sp³-hybridized carbons (Fsp3) is 0.200. The van der Waals surface area contributed by atoms with Gasteiger partial charge in [-0.15, -0.1) is 0 Å². The third kappa shape index (κ3) is 5.65. The minimum absolute atomic E-state index is 0.765. The Labute approximate surface area is 74.1 Å². The van der Waals surface area contributed by atoms with Crippen LogP contribution in [0.3, 0.4) is 0 Å².